The van der Waals surface area contributed by atoms with E-state index in [1.807, 2.05) is 24.4 Å². The summed E-state index contributed by atoms with van der Waals surface area (Å²) < 4.78 is 1.90. The molecule has 4 heteroatoms. The summed E-state index contributed by atoms with van der Waals surface area (Å²) in [7, 11) is 0. The molecule has 2 rings (SSSR count). The van der Waals surface area contributed by atoms with Crippen molar-refractivity contribution in [2.75, 3.05) is 0 Å². The highest BCUT2D eigenvalue weighted by atomic mass is 16.1. The van der Waals surface area contributed by atoms with Crippen LogP contribution in [0.2, 0.25) is 0 Å². The molecule has 72 valence electrons. The lowest BCUT2D eigenvalue weighted by Gasteiger charge is -2.02. The van der Waals surface area contributed by atoms with Gasteiger partial charge in [0.05, 0.1) is 11.7 Å². The van der Waals surface area contributed by atoms with Crippen molar-refractivity contribution in [1.82, 2.24) is 14.4 Å². The largest absolute Gasteiger partial charge is 0.300 e. The number of carbonyl (C=O) groups excluding carboxylic acids is 1. The molecule has 0 bridgehead atoms. The molecule has 14 heavy (non-hydrogen) atoms. The van der Waals surface area contributed by atoms with Crippen LogP contribution in [0.3, 0.4) is 0 Å². The molecule has 0 unspecified atom stereocenters. The Kier molecular flexibility index (Phi) is 2.04. The van der Waals surface area contributed by atoms with Gasteiger partial charge in [-0.15, -0.1) is 0 Å². The van der Waals surface area contributed by atoms with Gasteiger partial charge in [0.15, 0.2) is 6.29 Å². The average Bonchev–Trinajstić information content (AvgIpc) is 2.56. The van der Waals surface area contributed by atoms with Crippen LogP contribution >= 0.6 is 0 Å². The first kappa shape index (κ1) is 8.87. The fraction of sp³-hybridized carbons (Fsp3) is 0.300. The van der Waals surface area contributed by atoms with Gasteiger partial charge in [0.1, 0.15) is 11.5 Å². The Hall–Kier alpha value is -1.71. The molecule has 0 aliphatic rings. The standard InChI is InChI=1S/C10H11N3O/c1-7(2)10-12-8(6-14)9-5-11-3-4-13(9)10/h3-7H,1-2H3. The van der Waals surface area contributed by atoms with E-state index >= 15 is 0 Å². The van der Waals surface area contributed by atoms with E-state index in [0.29, 0.717) is 11.6 Å². The van der Waals surface area contributed by atoms with Gasteiger partial charge in [-0.25, -0.2) is 4.98 Å². The van der Waals surface area contributed by atoms with Crippen LogP contribution < -0.4 is 0 Å². The lowest BCUT2D eigenvalue weighted by molar-refractivity contribution is 0.112. The maximum absolute atomic E-state index is 10.8. The molecule has 0 saturated heterocycles. The van der Waals surface area contributed by atoms with Crippen LogP contribution in [0.1, 0.15) is 36.1 Å². The minimum atomic E-state index is 0.290. The maximum Gasteiger partial charge on any atom is 0.170 e. The topological polar surface area (TPSA) is 47.3 Å². The minimum Gasteiger partial charge on any atom is -0.300 e. The van der Waals surface area contributed by atoms with Gasteiger partial charge in [0.25, 0.3) is 0 Å². The minimum absolute atomic E-state index is 0.290. The number of hydrogen-bond donors (Lipinski definition) is 0. The molecule has 0 aliphatic heterocycles. The second-order valence-electron chi connectivity index (χ2n) is 3.46. The summed E-state index contributed by atoms with van der Waals surface area (Å²) in [6, 6.07) is 0. The van der Waals surface area contributed by atoms with Crippen molar-refractivity contribution < 1.29 is 4.79 Å². The van der Waals surface area contributed by atoms with Gasteiger partial charge in [-0.3, -0.25) is 14.2 Å². The van der Waals surface area contributed by atoms with E-state index in [-0.39, 0.29) is 0 Å². The molecule has 0 atom stereocenters. The summed E-state index contributed by atoms with van der Waals surface area (Å²) in [5.74, 6) is 1.18. The van der Waals surface area contributed by atoms with E-state index in [9.17, 15) is 4.79 Å². The smallest absolute Gasteiger partial charge is 0.170 e. The third kappa shape index (κ3) is 1.19. The Morgan fingerprint density at radius 3 is 2.93 bits per heavy atom. The predicted octanol–water partition coefficient (Wildman–Crippen LogP) is 1.67. The molecule has 0 N–H and O–H groups in total. The van der Waals surface area contributed by atoms with E-state index in [1.54, 1.807) is 12.4 Å². The molecule has 0 amide bonds. The zero-order valence-electron chi connectivity index (χ0n) is 8.14. The predicted molar refractivity (Wildman–Crippen MR) is 52.5 cm³/mol. The molecule has 0 spiro atoms. The highest BCUT2D eigenvalue weighted by Crippen LogP contribution is 2.17. The van der Waals surface area contributed by atoms with Crippen LogP contribution in [0.15, 0.2) is 18.6 Å². The van der Waals surface area contributed by atoms with E-state index in [2.05, 4.69) is 9.97 Å². The number of nitrogens with zero attached hydrogens (tertiary/aromatic N) is 3. The molecule has 4 nitrogen and oxygen atoms in total. The molecule has 2 heterocycles. The first-order chi connectivity index (χ1) is 6.74. The van der Waals surface area contributed by atoms with E-state index in [4.69, 9.17) is 0 Å². The SMILES string of the molecule is CC(C)c1nc(C=O)c2cnccn12. The Labute approximate surface area is 81.6 Å². The second kappa shape index (κ2) is 3.21. The number of aldehydes is 1. The summed E-state index contributed by atoms with van der Waals surface area (Å²) in [4.78, 5) is 19.0. The number of imidazole rings is 1. The highest BCUT2D eigenvalue weighted by molar-refractivity contribution is 5.83. The molecule has 0 radical (unpaired) electrons. The first-order valence-electron chi connectivity index (χ1n) is 4.51. The van der Waals surface area contributed by atoms with E-state index < -0.39 is 0 Å². The summed E-state index contributed by atoms with van der Waals surface area (Å²) in [6.45, 7) is 4.09. The number of hydrogen-bond acceptors (Lipinski definition) is 3. The third-order valence-electron chi connectivity index (χ3n) is 2.13. The van der Waals surface area contributed by atoms with Crippen molar-refractivity contribution >= 4 is 11.8 Å². The van der Waals surface area contributed by atoms with Crippen LogP contribution in [0.25, 0.3) is 5.52 Å². The van der Waals surface area contributed by atoms with Crippen molar-refractivity contribution in [1.29, 1.82) is 0 Å². The fourth-order valence-electron chi connectivity index (χ4n) is 1.48. The normalized spacial score (nSPS) is 11.1. The average molecular weight is 189 g/mol. The van der Waals surface area contributed by atoms with E-state index in [1.165, 1.54) is 0 Å². The summed E-state index contributed by atoms with van der Waals surface area (Å²) in [5.41, 5.74) is 1.23. The van der Waals surface area contributed by atoms with Gasteiger partial charge < -0.3 is 0 Å². The number of carbonyl (C=O) groups is 1. The lowest BCUT2D eigenvalue weighted by atomic mass is 10.2. The fourth-order valence-corrected chi connectivity index (χ4v) is 1.48. The van der Waals surface area contributed by atoms with Crippen molar-refractivity contribution in [3.63, 3.8) is 0 Å². The van der Waals surface area contributed by atoms with Crippen LogP contribution in [-0.2, 0) is 0 Å². The van der Waals surface area contributed by atoms with Gasteiger partial charge in [-0.05, 0) is 0 Å². The Morgan fingerprint density at radius 2 is 2.29 bits per heavy atom. The van der Waals surface area contributed by atoms with Crippen molar-refractivity contribution in [3.8, 4) is 0 Å². The second-order valence-corrected chi connectivity index (χ2v) is 3.46. The maximum atomic E-state index is 10.8. The zero-order chi connectivity index (χ0) is 10.1. The zero-order valence-corrected chi connectivity index (χ0v) is 8.14. The molecular formula is C10H11N3O. The van der Waals surface area contributed by atoms with Gasteiger partial charge >= 0.3 is 0 Å². The Bertz CT molecular complexity index is 473. The van der Waals surface area contributed by atoms with Crippen LogP contribution in [0, 0.1) is 0 Å². The molecule has 2 aromatic rings. The monoisotopic (exact) mass is 189 g/mol. The molecule has 2 aromatic heterocycles. The third-order valence-corrected chi connectivity index (χ3v) is 2.13. The highest BCUT2D eigenvalue weighted by Gasteiger charge is 2.12. The molecule has 0 fully saturated rings. The van der Waals surface area contributed by atoms with E-state index in [0.717, 1.165) is 17.6 Å². The van der Waals surface area contributed by atoms with Crippen LogP contribution in [0.4, 0.5) is 0 Å². The van der Waals surface area contributed by atoms with Gasteiger partial charge in [-0.1, -0.05) is 13.8 Å². The molecule has 0 saturated carbocycles. The summed E-state index contributed by atoms with van der Waals surface area (Å²) in [6.07, 6.45) is 5.94. The lowest BCUT2D eigenvalue weighted by Crippen LogP contribution is -1.96. The summed E-state index contributed by atoms with van der Waals surface area (Å²) in [5, 5.41) is 0. The molecular weight excluding hydrogens is 178 g/mol. The van der Waals surface area contributed by atoms with Gasteiger partial charge in [-0.2, -0.15) is 0 Å². The van der Waals surface area contributed by atoms with Gasteiger partial charge in [0, 0.05) is 18.3 Å². The Morgan fingerprint density at radius 1 is 1.50 bits per heavy atom. The van der Waals surface area contributed by atoms with Crippen molar-refractivity contribution in [2.45, 2.75) is 19.8 Å². The van der Waals surface area contributed by atoms with Gasteiger partial charge in [0.2, 0.25) is 0 Å². The number of fused-ring (bicyclic) bond motifs is 1. The van der Waals surface area contributed by atoms with Crippen LogP contribution in [-0.4, -0.2) is 20.7 Å². The quantitative estimate of drug-likeness (QED) is 0.675. The number of rotatable bonds is 2. The van der Waals surface area contributed by atoms with Crippen molar-refractivity contribution in [3.05, 3.63) is 30.1 Å². The summed E-state index contributed by atoms with van der Waals surface area (Å²) >= 11 is 0. The number of aromatic nitrogens is 3. The van der Waals surface area contributed by atoms with Crippen molar-refractivity contribution in [2.24, 2.45) is 0 Å². The Balaban J connectivity index is 2.79. The molecule has 0 aromatic carbocycles. The van der Waals surface area contributed by atoms with Crippen LogP contribution in [0.5, 0.6) is 0 Å². The first-order valence-corrected chi connectivity index (χ1v) is 4.51. The molecule has 0 aliphatic carbocycles.